The lowest BCUT2D eigenvalue weighted by atomic mass is 10.5. The summed E-state index contributed by atoms with van der Waals surface area (Å²) in [5.74, 6) is -0.547. The van der Waals surface area contributed by atoms with Crippen molar-refractivity contribution in [2.24, 2.45) is 5.11 Å². The van der Waals surface area contributed by atoms with Crippen LogP contribution in [0.15, 0.2) is 14.4 Å². The van der Waals surface area contributed by atoms with Crippen LogP contribution in [0.3, 0.4) is 0 Å². The van der Waals surface area contributed by atoms with E-state index in [0.717, 1.165) is 0 Å². The molecule has 0 N–H and O–H groups in total. The molecule has 2 heterocycles. The fourth-order valence-corrected chi connectivity index (χ4v) is 0.967. The van der Waals surface area contributed by atoms with Gasteiger partial charge in [0.15, 0.2) is 0 Å². The maximum Gasteiger partial charge on any atom is 0.419 e. The Bertz CT molecular complexity index is 586. The van der Waals surface area contributed by atoms with Crippen LogP contribution in [0.5, 0.6) is 0 Å². The normalized spacial score (nSPS) is 12.0. The largest absolute Gasteiger partial charge is 0.690 e. The van der Waals surface area contributed by atoms with E-state index in [4.69, 9.17) is 0 Å². The van der Waals surface area contributed by atoms with Crippen molar-refractivity contribution in [1.82, 2.24) is 10.3 Å². The SMILES string of the molecule is Cc1c(N=[N+]([O-])c2no[n+]([O-])c2C)no[n+]1[O-]. The van der Waals surface area contributed by atoms with E-state index in [-0.39, 0.29) is 37.7 Å². The molecule has 0 aliphatic rings. The van der Waals surface area contributed by atoms with Gasteiger partial charge in [0.25, 0.3) is 0 Å². The van der Waals surface area contributed by atoms with Gasteiger partial charge in [-0.05, 0) is 14.9 Å². The van der Waals surface area contributed by atoms with E-state index in [0.29, 0.717) is 0 Å². The lowest BCUT2D eigenvalue weighted by molar-refractivity contribution is -0.807. The number of hydrogen-bond acceptors (Lipinski definition) is 8. The maximum absolute atomic E-state index is 11.5. The van der Waals surface area contributed by atoms with Gasteiger partial charge in [-0.15, -0.1) is 4.86 Å². The third-order valence-electron chi connectivity index (χ3n) is 1.96. The van der Waals surface area contributed by atoms with Gasteiger partial charge >= 0.3 is 11.6 Å². The van der Waals surface area contributed by atoms with Crippen molar-refractivity contribution in [2.75, 3.05) is 0 Å². The van der Waals surface area contributed by atoms with Crippen LogP contribution in [0.4, 0.5) is 11.6 Å². The zero-order chi connectivity index (χ0) is 12.6. The summed E-state index contributed by atoms with van der Waals surface area (Å²) >= 11 is 0. The maximum atomic E-state index is 11.5. The van der Waals surface area contributed by atoms with Crippen LogP contribution in [-0.2, 0) is 0 Å². The predicted octanol–water partition coefficient (Wildman–Crippen LogP) is -0.528. The third-order valence-corrected chi connectivity index (χ3v) is 1.96. The van der Waals surface area contributed by atoms with E-state index in [1.807, 2.05) is 0 Å². The first kappa shape index (κ1) is 10.8. The number of aromatic nitrogens is 4. The van der Waals surface area contributed by atoms with Crippen LogP contribution in [0, 0.1) is 29.5 Å². The molecule has 0 atom stereocenters. The van der Waals surface area contributed by atoms with E-state index in [9.17, 15) is 15.6 Å². The molecule has 11 heteroatoms. The van der Waals surface area contributed by atoms with E-state index >= 15 is 0 Å². The van der Waals surface area contributed by atoms with Gasteiger partial charge in [-0.2, -0.15) is 0 Å². The highest BCUT2D eigenvalue weighted by Gasteiger charge is 2.22. The summed E-state index contributed by atoms with van der Waals surface area (Å²) in [7, 11) is 0. The number of nitrogens with zero attached hydrogens (tertiary/aromatic N) is 6. The molecule has 0 aromatic carbocycles. The molecule has 2 rings (SSSR count). The minimum atomic E-state index is -0.333. The van der Waals surface area contributed by atoms with Crippen molar-refractivity contribution < 1.29 is 23.9 Å². The van der Waals surface area contributed by atoms with Gasteiger partial charge in [0.05, 0.1) is 10.3 Å². The first-order chi connectivity index (χ1) is 8.00. The smallest absolute Gasteiger partial charge is 0.419 e. The van der Waals surface area contributed by atoms with Gasteiger partial charge in [-0.1, -0.05) is 0 Å². The molecular weight excluding hydrogens is 236 g/mol. The summed E-state index contributed by atoms with van der Waals surface area (Å²) in [5, 5.41) is 43.0. The molecule has 0 radical (unpaired) electrons. The Balaban J connectivity index is 2.41. The summed E-state index contributed by atoms with van der Waals surface area (Å²) in [6.07, 6.45) is 0. The average molecular weight is 242 g/mol. The van der Waals surface area contributed by atoms with Crippen molar-refractivity contribution in [3.05, 3.63) is 27.0 Å². The second-order valence-corrected chi connectivity index (χ2v) is 3.05. The van der Waals surface area contributed by atoms with Gasteiger partial charge in [-0.3, -0.25) is 9.26 Å². The minimum Gasteiger partial charge on any atom is -0.690 e. The Morgan fingerprint density at radius 1 is 1.12 bits per heavy atom. The van der Waals surface area contributed by atoms with E-state index in [1.54, 1.807) is 0 Å². The van der Waals surface area contributed by atoms with Crippen molar-refractivity contribution in [3.63, 3.8) is 0 Å². The average Bonchev–Trinajstić information content (AvgIpc) is 2.77. The lowest BCUT2D eigenvalue weighted by Gasteiger charge is -1.97. The summed E-state index contributed by atoms with van der Waals surface area (Å²) in [6, 6.07) is 0. The molecular formula is C6H6N6O5. The van der Waals surface area contributed by atoms with Crippen molar-refractivity contribution in [3.8, 4) is 0 Å². The van der Waals surface area contributed by atoms with Crippen LogP contribution >= 0.6 is 0 Å². The van der Waals surface area contributed by atoms with Gasteiger partial charge in [0, 0.05) is 13.8 Å². The van der Waals surface area contributed by atoms with E-state index < -0.39 is 0 Å². The van der Waals surface area contributed by atoms with Crippen LogP contribution in [0.2, 0.25) is 0 Å². The van der Waals surface area contributed by atoms with E-state index in [2.05, 4.69) is 24.7 Å². The highest BCUT2D eigenvalue weighted by atomic mass is 16.8. The summed E-state index contributed by atoms with van der Waals surface area (Å²) in [4.78, 5) is 0.160. The first-order valence-electron chi connectivity index (χ1n) is 4.32. The van der Waals surface area contributed by atoms with Gasteiger partial charge in [-0.25, -0.2) is 0 Å². The molecule has 0 bridgehead atoms. The third kappa shape index (κ3) is 1.73. The van der Waals surface area contributed by atoms with Crippen molar-refractivity contribution >= 4 is 11.6 Å². The Morgan fingerprint density at radius 3 is 2.18 bits per heavy atom. The molecule has 0 unspecified atom stereocenters. The highest BCUT2D eigenvalue weighted by Crippen LogP contribution is 2.16. The summed E-state index contributed by atoms with van der Waals surface area (Å²) in [5.41, 5.74) is -0.0677. The topological polar surface area (TPSA) is 144 Å². The monoisotopic (exact) mass is 242 g/mol. The molecule has 11 nitrogen and oxygen atoms in total. The van der Waals surface area contributed by atoms with Crippen LogP contribution in [0.25, 0.3) is 0 Å². The van der Waals surface area contributed by atoms with Crippen LogP contribution < -0.4 is 9.81 Å². The lowest BCUT2D eigenvalue weighted by Crippen LogP contribution is -2.26. The van der Waals surface area contributed by atoms with Gasteiger partial charge in [0.2, 0.25) is 11.4 Å². The molecule has 0 aliphatic carbocycles. The summed E-state index contributed by atoms with van der Waals surface area (Å²) in [6.45, 7) is 2.68. The molecule has 0 saturated heterocycles. The van der Waals surface area contributed by atoms with Gasteiger partial charge < -0.3 is 15.6 Å². The second kappa shape index (κ2) is 3.70. The van der Waals surface area contributed by atoms with Gasteiger partial charge in [0.1, 0.15) is 0 Å². The molecule has 0 amide bonds. The van der Waals surface area contributed by atoms with Crippen LogP contribution in [0.1, 0.15) is 11.4 Å². The minimum absolute atomic E-state index is 0.00185. The molecule has 0 aliphatic heterocycles. The number of rotatable bonds is 2. The molecule has 2 aromatic rings. The molecule has 0 saturated carbocycles. The molecule has 2 aromatic heterocycles. The number of azo groups is 1. The highest BCUT2D eigenvalue weighted by molar-refractivity contribution is 5.25. The quantitative estimate of drug-likeness (QED) is 0.298. The standard InChI is InChI=1S/C6H6N6O5/c1-3-5(8-16-11(3)14)7-10(13)6-4(2)12(15)17-9-6/h1-2H3. The van der Waals surface area contributed by atoms with Crippen molar-refractivity contribution in [2.45, 2.75) is 13.8 Å². The molecule has 0 fully saturated rings. The zero-order valence-corrected chi connectivity index (χ0v) is 8.72. The fourth-order valence-electron chi connectivity index (χ4n) is 0.967. The van der Waals surface area contributed by atoms with E-state index in [1.165, 1.54) is 13.8 Å². The van der Waals surface area contributed by atoms with Crippen molar-refractivity contribution in [1.29, 1.82) is 0 Å². The Hall–Kier alpha value is -2.72. The van der Waals surface area contributed by atoms with Crippen LogP contribution in [-0.4, -0.2) is 15.2 Å². The molecule has 17 heavy (non-hydrogen) atoms. The summed E-state index contributed by atoms with van der Waals surface area (Å²) < 4.78 is 8.40. The Morgan fingerprint density at radius 2 is 1.71 bits per heavy atom. The molecule has 0 spiro atoms. The molecule has 90 valence electrons. The number of hydrogen-bond donors (Lipinski definition) is 0. The zero-order valence-electron chi connectivity index (χ0n) is 8.72. The second-order valence-electron chi connectivity index (χ2n) is 3.05. The Kier molecular flexibility index (Phi) is 2.34. The Labute approximate surface area is 92.8 Å². The fraction of sp³-hybridized carbons (Fsp3) is 0.333. The first-order valence-corrected chi connectivity index (χ1v) is 4.32. The predicted molar refractivity (Wildman–Crippen MR) is 45.8 cm³/mol.